The maximum atomic E-state index is 14.1. The second-order valence-electron chi connectivity index (χ2n) is 4.32. The quantitative estimate of drug-likeness (QED) is 0.802. The number of rotatable bonds is 4. The molecule has 1 N–H and O–H groups in total. The molecule has 106 valence electrons. The predicted octanol–water partition coefficient (Wildman–Crippen LogP) is 5.08. The van der Waals surface area contributed by atoms with Crippen molar-refractivity contribution in [1.29, 1.82) is 0 Å². The monoisotopic (exact) mass is 359 g/mol. The van der Waals surface area contributed by atoms with Crippen LogP contribution in [0.2, 0.25) is 5.02 Å². The van der Waals surface area contributed by atoms with E-state index in [1.807, 2.05) is 6.92 Å². The third kappa shape index (κ3) is 3.37. The topological polar surface area (TPSA) is 12.0 Å². The van der Waals surface area contributed by atoms with Crippen molar-refractivity contribution < 1.29 is 8.78 Å². The van der Waals surface area contributed by atoms with Crippen molar-refractivity contribution in [2.75, 3.05) is 6.54 Å². The van der Waals surface area contributed by atoms with Gasteiger partial charge >= 0.3 is 0 Å². The average molecular weight is 361 g/mol. The molecule has 0 radical (unpaired) electrons. The van der Waals surface area contributed by atoms with Gasteiger partial charge in [-0.25, -0.2) is 8.78 Å². The first kappa shape index (κ1) is 15.4. The fourth-order valence-electron chi connectivity index (χ4n) is 2.06. The second kappa shape index (κ2) is 6.66. The van der Waals surface area contributed by atoms with Crippen LogP contribution in [-0.2, 0) is 0 Å². The number of benzene rings is 2. The van der Waals surface area contributed by atoms with Gasteiger partial charge in [0.1, 0.15) is 11.6 Å². The lowest BCUT2D eigenvalue weighted by molar-refractivity contribution is 0.530. The maximum absolute atomic E-state index is 14.1. The lowest BCUT2D eigenvalue weighted by Crippen LogP contribution is -2.24. The minimum absolute atomic E-state index is 0.317. The molecule has 20 heavy (non-hydrogen) atoms. The zero-order valence-electron chi connectivity index (χ0n) is 10.8. The van der Waals surface area contributed by atoms with Gasteiger partial charge in [0.25, 0.3) is 0 Å². The van der Waals surface area contributed by atoms with E-state index in [1.165, 1.54) is 12.1 Å². The maximum Gasteiger partial charge on any atom is 0.129 e. The van der Waals surface area contributed by atoms with Crippen molar-refractivity contribution in [3.8, 4) is 0 Å². The molecule has 0 aliphatic rings. The molecule has 2 aromatic rings. The van der Waals surface area contributed by atoms with Crippen molar-refractivity contribution in [1.82, 2.24) is 5.32 Å². The normalized spacial score (nSPS) is 12.4. The molecule has 0 heterocycles. The highest BCUT2D eigenvalue weighted by atomic mass is 79.9. The Labute approximate surface area is 130 Å². The summed E-state index contributed by atoms with van der Waals surface area (Å²) < 4.78 is 28.8. The zero-order chi connectivity index (χ0) is 14.7. The summed E-state index contributed by atoms with van der Waals surface area (Å²) in [6, 6.07) is 8.60. The van der Waals surface area contributed by atoms with Gasteiger partial charge in [-0.1, -0.05) is 46.6 Å². The summed E-state index contributed by atoms with van der Waals surface area (Å²) in [5.41, 5.74) is 0.772. The summed E-state index contributed by atoms with van der Waals surface area (Å²) >= 11 is 8.97. The first-order valence-corrected chi connectivity index (χ1v) is 7.33. The molecular formula is C15H13BrClF2N. The Morgan fingerprint density at radius 1 is 1.10 bits per heavy atom. The van der Waals surface area contributed by atoms with Crippen molar-refractivity contribution in [3.05, 3.63) is 68.7 Å². The van der Waals surface area contributed by atoms with Crippen LogP contribution in [0.4, 0.5) is 8.78 Å². The Morgan fingerprint density at radius 3 is 2.25 bits per heavy atom. The molecule has 2 aromatic carbocycles. The summed E-state index contributed by atoms with van der Waals surface area (Å²) in [6.07, 6.45) is 0. The zero-order valence-corrected chi connectivity index (χ0v) is 13.1. The Morgan fingerprint density at radius 2 is 1.70 bits per heavy atom. The second-order valence-corrected chi connectivity index (χ2v) is 5.67. The highest BCUT2D eigenvalue weighted by molar-refractivity contribution is 9.10. The first-order valence-electron chi connectivity index (χ1n) is 6.16. The third-order valence-electron chi connectivity index (χ3n) is 2.96. The molecule has 0 bridgehead atoms. The summed E-state index contributed by atoms with van der Waals surface area (Å²) in [5, 5.41) is 3.41. The minimum Gasteiger partial charge on any atom is -0.306 e. The SMILES string of the molecule is CCNC(c1ccc(Cl)cc1F)c1ccc(Br)cc1F. The van der Waals surface area contributed by atoms with Crippen LogP contribution in [0.3, 0.4) is 0 Å². The summed E-state index contributed by atoms with van der Waals surface area (Å²) in [4.78, 5) is 0. The van der Waals surface area contributed by atoms with Crippen LogP contribution in [0.15, 0.2) is 40.9 Å². The van der Waals surface area contributed by atoms with Crippen molar-refractivity contribution >= 4 is 27.5 Å². The largest absolute Gasteiger partial charge is 0.306 e. The molecule has 0 amide bonds. The molecule has 0 spiro atoms. The van der Waals surface area contributed by atoms with Crippen LogP contribution < -0.4 is 5.32 Å². The Bertz CT molecular complexity index is 567. The highest BCUT2D eigenvalue weighted by Crippen LogP contribution is 2.29. The number of hydrogen-bond acceptors (Lipinski definition) is 1. The average Bonchev–Trinajstić information content (AvgIpc) is 2.37. The molecule has 0 fully saturated rings. The minimum atomic E-state index is -0.551. The van der Waals surface area contributed by atoms with Crippen LogP contribution in [0.1, 0.15) is 24.1 Å². The van der Waals surface area contributed by atoms with Gasteiger partial charge in [0, 0.05) is 20.6 Å². The Kier molecular flexibility index (Phi) is 5.13. The van der Waals surface area contributed by atoms with Gasteiger partial charge in [0.15, 0.2) is 0 Å². The molecule has 1 atom stereocenters. The fraction of sp³-hybridized carbons (Fsp3) is 0.200. The van der Waals surface area contributed by atoms with Gasteiger partial charge in [0.2, 0.25) is 0 Å². The summed E-state index contributed by atoms with van der Waals surface area (Å²) in [7, 11) is 0. The molecule has 0 saturated heterocycles. The summed E-state index contributed by atoms with van der Waals surface area (Å²) in [5.74, 6) is -0.842. The van der Waals surface area contributed by atoms with Gasteiger partial charge in [0.05, 0.1) is 6.04 Å². The highest BCUT2D eigenvalue weighted by Gasteiger charge is 2.20. The molecule has 1 unspecified atom stereocenters. The molecule has 0 saturated carbocycles. The van der Waals surface area contributed by atoms with Gasteiger partial charge in [-0.2, -0.15) is 0 Å². The van der Waals surface area contributed by atoms with Gasteiger partial charge < -0.3 is 5.32 Å². The predicted molar refractivity (Wildman–Crippen MR) is 81.0 cm³/mol. The standard InChI is InChI=1S/C15H13BrClF2N/c1-2-20-15(11-5-3-9(16)7-13(11)18)12-6-4-10(17)8-14(12)19/h3-8,15,20H,2H2,1H3. The van der Waals surface area contributed by atoms with Crippen LogP contribution in [-0.4, -0.2) is 6.54 Å². The van der Waals surface area contributed by atoms with Gasteiger partial charge in [-0.3, -0.25) is 0 Å². The Hall–Kier alpha value is -0.970. The number of nitrogens with one attached hydrogen (secondary N) is 1. The lowest BCUT2D eigenvalue weighted by Gasteiger charge is -2.20. The van der Waals surface area contributed by atoms with Crippen LogP contribution in [0, 0.1) is 11.6 Å². The van der Waals surface area contributed by atoms with Gasteiger partial charge in [-0.05, 0) is 30.8 Å². The molecule has 5 heteroatoms. The van der Waals surface area contributed by atoms with E-state index in [2.05, 4.69) is 21.2 Å². The van der Waals surface area contributed by atoms with Crippen LogP contribution in [0.25, 0.3) is 0 Å². The van der Waals surface area contributed by atoms with E-state index in [0.717, 1.165) is 0 Å². The van der Waals surface area contributed by atoms with Crippen LogP contribution in [0.5, 0.6) is 0 Å². The molecular weight excluding hydrogens is 348 g/mol. The van der Waals surface area contributed by atoms with Crippen LogP contribution >= 0.6 is 27.5 Å². The molecule has 1 nitrogen and oxygen atoms in total. The van der Waals surface area contributed by atoms with E-state index in [9.17, 15) is 8.78 Å². The molecule has 2 rings (SSSR count). The van der Waals surface area contributed by atoms with E-state index in [-0.39, 0.29) is 5.82 Å². The van der Waals surface area contributed by atoms with E-state index >= 15 is 0 Å². The number of halogens is 4. The lowest BCUT2D eigenvalue weighted by atomic mass is 9.97. The first-order chi connectivity index (χ1) is 9.52. The molecule has 0 aliphatic carbocycles. The number of hydrogen-bond donors (Lipinski definition) is 1. The van der Waals surface area contributed by atoms with Crippen molar-refractivity contribution in [2.24, 2.45) is 0 Å². The van der Waals surface area contributed by atoms with E-state index in [0.29, 0.717) is 27.2 Å². The summed E-state index contributed by atoms with van der Waals surface area (Å²) in [6.45, 7) is 2.47. The molecule has 0 aliphatic heterocycles. The van der Waals surface area contributed by atoms with E-state index in [1.54, 1.807) is 24.3 Å². The van der Waals surface area contributed by atoms with E-state index < -0.39 is 11.9 Å². The van der Waals surface area contributed by atoms with Crippen molar-refractivity contribution in [2.45, 2.75) is 13.0 Å². The van der Waals surface area contributed by atoms with E-state index in [4.69, 9.17) is 11.6 Å². The molecule has 0 aromatic heterocycles. The Balaban J connectivity index is 2.50. The van der Waals surface area contributed by atoms with Gasteiger partial charge in [-0.15, -0.1) is 0 Å². The van der Waals surface area contributed by atoms with Crippen molar-refractivity contribution in [3.63, 3.8) is 0 Å². The smallest absolute Gasteiger partial charge is 0.129 e. The fourth-order valence-corrected chi connectivity index (χ4v) is 2.55. The third-order valence-corrected chi connectivity index (χ3v) is 3.68.